The molecule has 3 fully saturated rings. The SMILES string of the molecule is O=C(NC1CCN(C(=O)NCc2cccc(OC3CCCCC3)c2)CC1)C1CCCCC1. The molecule has 0 radical (unpaired) electrons. The van der Waals surface area contributed by atoms with E-state index in [9.17, 15) is 9.59 Å². The van der Waals surface area contributed by atoms with Gasteiger partial charge in [-0.2, -0.15) is 0 Å². The lowest BCUT2D eigenvalue weighted by atomic mass is 9.88. The maximum Gasteiger partial charge on any atom is 0.317 e. The Morgan fingerprint density at radius 1 is 0.906 bits per heavy atom. The Morgan fingerprint density at radius 2 is 1.59 bits per heavy atom. The summed E-state index contributed by atoms with van der Waals surface area (Å²) in [6.45, 7) is 1.87. The minimum atomic E-state index is -0.0272. The van der Waals surface area contributed by atoms with E-state index in [1.165, 1.54) is 38.5 Å². The van der Waals surface area contributed by atoms with Crippen molar-refractivity contribution in [3.05, 3.63) is 29.8 Å². The third kappa shape index (κ3) is 6.63. The lowest BCUT2D eigenvalue weighted by molar-refractivity contribution is -0.126. The van der Waals surface area contributed by atoms with Crippen molar-refractivity contribution in [3.8, 4) is 5.75 Å². The van der Waals surface area contributed by atoms with E-state index >= 15 is 0 Å². The van der Waals surface area contributed by atoms with E-state index in [4.69, 9.17) is 4.74 Å². The van der Waals surface area contributed by atoms with Gasteiger partial charge in [-0.05, 0) is 69.1 Å². The first-order chi connectivity index (χ1) is 15.7. The van der Waals surface area contributed by atoms with Crippen molar-refractivity contribution in [2.45, 2.75) is 95.7 Å². The van der Waals surface area contributed by atoms with Gasteiger partial charge in [0.15, 0.2) is 0 Å². The standard InChI is InChI=1S/C26H39N3O3/c30-25(21-9-3-1-4-10-21)28-22-14-16-29(17-15-22)26(31)27-19-20-8-7-13-24(18-20)32-23-11-5-2-6-12-23/h7-8,13,18,21-23H,1-6,9-12,14-17,19H2,(H,27,31)(H,28,30). The fraction of sp³-hybridized carbons (Fsp3) is 0.692. The second-order valence-electron chi connectivity index (χ2n) is 9.79. The van der Waals surface area contributed by atoms with Gasteiger partial charge in [-0.1, -0.05) is 37.8 Å². The van der Waals surface area contributed by atoms with Gasteiger partial charge in [0.2, 0.25) is 5.91 Å². The number of carbonyl (C=O) groups excluding carboxylic acids is 2. The molecular formula is C26H39N3O3. The van der Waals surface area contributed by atoms with Gasteiger partial charge in [-0.3, -0.25) is 4.79 Å². The summed E-state index contributed by atoms with van der Waals surface area (Å²) < 4.78 is 6.15. The number of nitrogens with one attached hydrogen (secondary N) is 2. The van der Waals surface area contributed by atoms with Crippen LogP contribution in [-0.4, -0.2) is 42.1 Å². The summed E-state index contributed by atoms with van der Waals surface area (Å²) in [4.78, 5) is 27.0. The molecule has 6 nitrogen and oxygen atoms in total. The van der Waals surface area contributed by atoms with Gasteiger partial charge in [-0.25, -0.2) is 4.79 Å². The number of nitrogens with zero attached hydrogens (tertiary/aromatic N) is 1. The Kier molecular flexibility index (Phi) is 8.30. The largest absolute Gasteiger partial charge is 0.490 e. The van der Waals surface area contributed by atoms with Crippen molar-refractivity contribution in [1.29, 1.82) is 0 Å². The van der Waals surface area contributed by atoms with E-state index in [-0.39, 0.29) is 23.9 Å². The normalized spacial score (nSPS) is 21.2. The molecule has 0 unspecified atom stereocenters. The van der Waals surface area contributed by atoms with Crippen LogP contribution in [0, 0.1) is 5.92 Å². The van der Waals surface area contributed by atoms with Crippen LogP contribution in [0.25, 0.3) is 0 Å². The van der Waals surface area contributed by atoms with Crippen molar-refractivity contribution in [2.75, 3.05) is 13.1 Å². The molecule has 1 aliphatic heterocycles. The number of ether oxygens (including phenoxy) is 1. The Labute approximate surface area is 192 Å². The van der Waals surface area contributed by atoms with E-state index < -0.39 is 0 Å². The second kappa shape index (κ2) is 11.6. The number of carbonyl (C=O) groups is 2. The van der Waals surface area contributed by atoms with Crippen molar-refractivity contribution in [2.24, 2.45) is 5.92 Å². The average Bonchev–Trinajstić information content (AvgIpc) is 2.84. The van der Waals surface area contributed by atoms with Crippen LogP contribution in [0.4, 0.5) is 4.79 Å². The van der Waals surface area contributed by atoms with Crippen LogP contribution in [-0.2, 0) is 11.3 Å². The highest BCUT2D eigenvalue weighted by molar-refractivity contribution is 5.79. The molecule has 32 heavy (non-hydrogen) atoms. The lowest BCUT2D eigenvalue weighted by Gasteiger charge is -2.33. The molecule has 0 bridgehead atoms. The predicted molar refractivity (Wildman–Crippen MR) is 125 cm³/mol. The van der Waals surface area contributed by atoms with Crippen molar-refractivity contribution >= 4 is 11.9 Å². The van der Waals surface area contributed by atoms with Gasteiger partial charge in [0.1, 0.15) is 5.75 Å². The summed E-state index contributed by atoms with van der Waals surface area (Å²) in [5, 5.41) is 6.29. The molecule has 1 saturated heterocycles. The molecule has 1 aromatic carbocycles. The quantitative estimate of drug-likeness (QED) is 0.668. The fourth-order valence-electron chi connectivity index (χ4n) is 5.30. The van der Waals surface area contributed by atoms with E-state index in [0.29, 0.717) is 25.7 Å². The summed E-state index contributed by atoms with van der Waals surface area (Å²) in [5.74, 6) is 1.32. The number of benzene rings is 1. The highest BCUT2D eigenvalue weighted by Crippen LogP contribution is 2.25. The van der Waals surface area contributed by atoms with Crippen LogP contribution in [0.15, 0.2) is 24.3 Å². The maximum absolute atomic E-state index is 12.6. The monoisotopic (exact) mass is 441 g/mol. The summed E-state index contributed by atoms with van der Waals surface area (Å²) in [5.41, 5.74) is 1.06. The molecule has 176 valence electrons. The Hall–Kier alpha value is -2.24. The summed E-state index contributed by atoms with van der Waals surface area (Å²) in [7, 11) is 0. The highest BCUT2D eigenvalue weighted by Gasteiger charge is 2.27. The first-order valence-corrected chi connectivity index (χ1v) is 12.8. The molecule has 3 amide bonds. The first kappa shape index (κ1) is 22.9. The number of likely N-dealkylation sites (tertiary alicyclic amines) is 1. The molecular weight excluding hydrogens is 402 g/mol. The van der Waals surface area contributed by atoms with E-state index in [2.05, 4.69) is 10.6 Å². The first-order valence-electron chi connectivity index (χ1n) is 12.8. The third-order valence-electron chi connectivity index (χ3n) is 7.30. The van der Waals surface area contributed by atoms with Crippen LogP contribution >= 0.6 is 0 Å². The van der Waals surface area contributed by atoms with E-state index in [0.717, 1.165) is 49.8 Å². The molecule has 2 saturated carbocycles. The molecule has 2 aliphatic carbocycles. The topological polar surface area (TPSA) is 70.7 Å². The van der Waals surface area contributed by atoms with Crippen molar-refractivity contribution in [1.82, 2.24) is 15.5 Å². The Morgan fingerprint density at radius 3 is 2.31 bits per heavy atom. The smallest absolute Gasteiger partial charge is 0.317 e. The third-order valence-corrected chi connectivity index (χ3v) is 7.30. The van der Waals surface area contributed by atoms with Gasteiger partial charge in [0, 0.05) is 31.6 Å². The summed E-state index contributed by atoms with van der Waals surface area (Å²) >= 11 is 0. The minimum absolute atomic E-state index is 0.0272. The van der Waals surface area contributed by atoms with Crippen LogP contribution in [0.1, 0.15) is 82.6 Å². The molecule has 0 aromatic heterocycles. The van der Waals surface area contributed by atoms with Crippen LogP contribution in [0.3, 0.4) is 0 Å². The van der Waals surface area contributed by atoms with Crippen molar-refractivity contribution < 1.29 is 14.3 Å². The molecule has 1 heterocycles. The van der Waals surface area contributed by atoms with Gasteiger partial charge in [0.05, 0.1) is 6.10 Å². The van der Waals surface area contributed by atoms with Gasteiger partial charge < -0.3 is 20.3 Å². The molecule has 2 N–H and O–H groups in total. The molecule has 0 spiro atoms. The number of hydrogen-bond acceptors (Lipinski definition) is 3. The maximum atomic E-state index is 12.6. The lowest BCUT2D eigenvalue weighted by Crippen LogP contribution is -2.50. The Bertz CT molecular complexity index is 748. The highest BCUT2D eigenvalue weighted by atomic mass is 16.5. The number of piperidine rings is 1. The number of rotatable bonds is 6. The summed E-state index contributed by atoms with van der Waals surface area (Å²) in [6, 6.07) is 8.25. The number of hydrogen-bond donors (Lipinski definition) is 2. The van der Waals surface area contributed by atoms with Crippen LogP contribution in [0.2, 0.25) is 0 Å². The molecule has 4 rings (SSSR count). The van der Waals surface area contributed by atoms with Crippen molar-refractivity contribution in [3.63, 3.8) is 0 Å². The predicted octanol–water partition coefficient (Wildman–Crippen LogP) is 4.77. The number of amides is 3. The second-order valence-corrected chi connectivity index (χ2v) is 9.79. The van der Waals surface area contributed by atoms with Crippen LogP contribution in [0.5, 0.6) is 5.75 Å². The van der Waals surface area contributed by atoms with Gasteiger partial charge >= 0.3 is 6.03 Å². The zero-order valence-electron chi connectivity index (χ0n) is 19.3. The molecule has 3 aliphatic rings. The Balaban J connectivity index is 1.17. The van der Waals surface area contributed by atoms with Crippen LogP contribution < -0.4 is 15.4 Å². The minimum Gasteiger partial charge on any atom is -0.490 e. The fourth-order valence-corrected chi connectivity index (χ4v) is 5.30. The zero-order chi connectivity index (χ0) is 22.2. The van der Waals surface area contributed by atoms with Gasteiger partial charge in [-0.15, -0.1) is 0 Å². The molecule has 6 heteroatoms. The zero-order valence-corrected chi connectivity index (χ0v) is 19.3. The van der Waals surface area contributed by atoms with E-state index in [1.54, 1.807) is 0 Å². The van der Waals surface area contributed by atoms with E-state index in [1.807, 2.05) is 29.2 Å². The number of urea groups is 1. The molecule has 1 aromatic rings. The molecule has 0 atom stereocenters. The summed E-state index contributed by atoms with van der Waals surface area (Å²) in [6.07, 6.45) is 13.7. The average molecular weight is 442 g/mol. The van der Waals surface area contributed by atoms with Gasteiger partial charge in [0.25, 0.3) is 0 Å².